The van der Waals surface area contributed by atoms with Crippen molar-refractivity contribution in [3.63, 3.8) is 0 Å². The number of phosphoric acid groups is 1. The van der Waals surface area contributed by atoms with Crippen LogP contribution in [0.25, 0.3) is 0 Å². The Balaban J connectivity index is 2.09. The molecule has 9 nitrogen and oxygen atoms in total. The van der Waals surface area contributed by atoms with Crippen LogP contribution in [0.15, 0.2) is 64.8 Å². The number of azo groups is 1. The highest BCUT2D eigenvalue weighted by atomic mass is 31.2. The lowest BCUT2D eigenvalue weighted by Gasteiger charge is -2.25. The van der Waals surface area contributed by atoms with Gasteiger partial charge in [0.05, 0.1) is 30.1 Å². The van der Waals surface area contributed by atoms with Crippen molar-refractivity contribution in [3.05, 3.63) is 60.2 Å². The molecular weight excluding hydrogens is 397 g/mol. The Morgan fingerprint density at radius 3 is 2.41 bits per heavy atom. The summed E-state index contributed by atoms with van der Waals surface area (Å²) in [5.41, 5.74) is 1.55. The fourth-order valence-electron chi connectivity index (χ4n) is 2.37. The fraction of sp³-hybridized carbons (Fsp3) is 0.316. The van der Waals surface area contributed by atoms with Crippen LogP contribution in [0.3, 0.4) is 0 Å². The molecule has 2 rings (SSSR count). The Hall–Kier alpha value is -2.42. The summed E-state index contributed by atoms with van der Waals surface area (Å²) in [6.45, 7) is 1.61. The second kappa shape index (κ2) is 10.9. The molecule has 156 valence electrons. The molecule has 0 saturated carbocycles. The molecule has 0 aliphatic heterocycles. The van der Waals surface area contributed by atoms with Crippen molar-refractivity contribution < 1.29 is 28.0 Å². The molecule has 0 fully saturated rings. The van der Waals surface area contributed by atoms with Gasteiger partial charge in [-0.15, -0.1) is 0 Å². The molecule has 29 heavy (non-hydrogen) atoms. The van der Waals surface area contributed by atoms with Gasteiger partial charge >= 0.3 is 7.82 Å². The van der Waals surface area contributed by atoms with Crippen molar-refractivity contribution in [3.8, 4) is 0 Å². The van der Waals surface area contributed by atoms with E-state index in [0.717, 1.165) is 7.11 Å². The number of rotatable bonds is 10. The second-order valence-corrected chi connectivity index (χ2v) is 7.60. The van der Waals surface area contributed by atoms with E-state index in [4.69, 9.17) is 9.26 Å². The standard InChI is InChI=1S/C19H24N3O6P/c1-14(28-29(24,25)27-3)18(13-26-2)20-19(23)15-8-7-11-17(12-15)22-21-16-9-5-4-6-10-16/h4-12,14,18H,13H2,1-3H3,(H,20,23)(H,24,25)/b22-21+/t14-,18-/m0/s1. The monoisotopic (exact) mass is 421 g/mol. The summed E-state index contributed by atoms with van der Waals surface area (Å²) < 4.78 is 26.1. The third kappa shape index (κ3) is 7.49. The second-order valence-electron chi connectivity index (χ2n) is 6.08. The zero-order valence-corrected chi connectivity index (χ0v) is 17.3. The minimum Gasteiger partial charge on any atom is -0.382 e. The summed E-state index contributed by atoms with van der Waals surface area (Å²) >= 11 is 0. The van der Waals surface area contributed by atoms with Gasteiger partial charge in [-0.05, 0) is 37.3 Å². The molecule has 10 heteroatoms. The Bertz CT molecular complexity index is 877. The van der Waals surface area contributed by atoms with Crippen LogP contribution < -0.4 is 5.32 Å². The number of carbonyl (C=O) groups excluding carboxylic acids is 1. The third-order valence-electron chi connectivity index (χ3n) is 3.91. The van der Waals surface area contributed by atoms with Crippen molar-refractivity contribution in [2.75, 3.05) is 20.8 Å². The van der Waals surface area contributed by atoms with Gasteiger partial charge < -0.3 is 14.9 Å². The van der Waals surface area contributed by atoms with Crippen LogP contribution in [0, 0.1) is 0 Å². The molecule has 1 unspecified atom stereocenters. The molecule has 0 heterocycles. The zero-order valence-electron chi connectivity index (χ0n) is 16.4. The van der Waals surface area contributed by atoms with E-state index in [0.29, 0.717) is 16.9 Å². The minimum absolute atomic E-state index is 0.0734. The van der Waals surface area contributed by atoms with Gasteiger partial charge in [0.25, 0.3) is 5.91 Å². The molecule has 3 atom stereocenters. The van der Waals surface area contributed by atoms with Crippen LogP contribution in [0.5, 0.6) is 0 Å². The predicted molar refractivity (Wildman–Crippen MR) is 108 cm³/mol. The van der Waals surface area contributed by atoms with Crippen LogP contribution in [0.2, 0.25) is 0 Å². The third-order valence-corrected chi connectivity index (χ3v) is 4.97. The number of phosphoric ester groups is 1. The minimum atomic E-state index is -4.20. The van der Waals surface area contributed by atoms with E-state index < -0.39 is 25.9 Å². The van der Waals surface area contributed by atoms with E-state index in [2.05, 4.69) is 20.1 Å². The molecule has 0 aliphatic rings. The molecule has 0 aliphatic carbocycles. The van der Waals surface area contributed by atoms with E-state index in [1.165, 1.54) is 14.0 Å². The first-order valence-electron chi connectivity index (χ1n) is 8.78. The van der Waals surface area contributed by atoms with Crippen LogP contribution in [-0.4, -0.2) is 43.8 Å². The summed E-state index contributed by atoms with van der Waals surface area (Å²) in [6, 6.07) is 15.2. The van der Waals surface area contributed by atoms with E-state index in [1.807, 2.05) is 30.3 Å². The highest BCUT2D eigenvalue weighted by Crippen LogP contribution is 2.43. The SMILES string of the molecule is COC[C@H](NC(=O)c1cccc(/N=N/c2ccccc2)c1)[C@H](C)OP(=O)(O)OC. The van der Waals surface area contributed by atoms with Crippen LogP contribution in [0.4, 0.5) is 11.4 Å². The average molecular weight is 421 g/mol. The van der Waals surface area contributed by atoms with E-state index in [1.54, 1.807) is 24.3 Å². The Kier molecular flexibility index (Phi) is 8.63. The molecule has 0 bridgehead atoms. The fourth-order valence-corrected chi connectivity index (χ4v) is 3.03. The van der Waals surface area contributed by atoms with Gasteiger partial charge in [-0.25, -0.2) is 4.57 Å². The number of hydrogen-bond acceptors (Lipinski definition) is 7. The first-order chi connectivity index (χ1) is 13.8. The molecule has 2 aromatic carbocycles. The normalized spacial score (nSPS) is 15.6. The number of methoxy groups -OCH3 is 1. The maximum atomic E-state index is 12.6. The zero-order chi connectivity index (χ0) is 21.3. The first-order valence-corrected chi connectivity index (χ1v) is 10.3. The molecular formula is C19H24N3O6P. The van der Waals surface area contributed by atoms with Gasteiger partial charge in [0.2, 0.25) is 0 Å². The van der Waals surface area contributed by atoms with Gasteiger partial charge in [0.1, 0.15) is 0 Å². The number of nitrogens with one attached hydrogen (secondary N) is 1. The van der Waals surface area contributed by atoms with Gasteiger partial charge in [-0.2, -0.15) is 10.2 Å². The lowest BCUT2D eigenvalue weighted by Crippen LogP contribution is -2.45. The summed E-state index contributed by atoms with van der Waals surface area (Å²) in [4.78, 5) is 22.1. The number of hydrogen-bond donors (Lipinski definition) is 2. The maximum Gasteiger partial charge on any atom is 0.472 e. The summed E-state index contributed by atoms with van der Waals surface area (Å²) in [5.74, 6) is -0.413. The molecule has 0 aromatic heterocycles. The van der Waals surface area contributed by atoms with Crippen molar-refractivity contribution in [1.82, 2.24) is 5.32 Å². The largest absolute Gasteiger partial charge is 0.472 e. The lowest BCUT2D eigenvalue weighted by molar-refractivity contribution is 0.0579. The predicted octanol–water partition coefficient (Wildman–Crippen LogP) is 4.00. The summed E-state index contributed by atoms with van der Waals surface area (Å²) in [5, 5.41) is 11.0. The molecule has 2 N–H and O–H groups in total. The van der Waals surface area contributed by atoms with Gasteiger partial charge in [0, 0.05) is 19.8 Å². The molecule has 2 aromatic rings. The number of carbonyl (C=O) groups is 1. The van der Waals surface area contributed by atoms with Gasteiger partial charge in [-0.1, -0.05) is 24.3 Å². The highest BCUT2D eigenvalue weighted by molar-refractivity contribution is 7.47. The number of nitrogens with zero attached hydrogens (tertiary/aromatic N) is 2. The highest BCUT2D eigenvalue weighted by Gasteiger charge is 2.29. The number of benzene rings is 2. The molecule has 0 radical (unpaired) electrons. The number of amides is 1. The van der Waals surface area contributed by atoms with Crippen LogP contribution >= 0.6 is 7.82 Å². The van der Waals surface area contributed by atoms with Crippen molar-refractivity contribution >= 4 is 25.1 Å². The summed E-state index contributed by atoms with van der Waals surface area (Å²) in [6.07, 6.45) is -0.837. The first kappa shape index (κ1) is 22.9. The van der Waals surface area contributed by atoms with E-state index in [9.17, 15) is 14.3 Å². The van der Waals surface area contributed by atoms with Crippen LogP contribution in [-0.2, 0) is 18.3 Å². The van der Waals surface area contributed by atoms with E-state index >= 15 is 0 Å². The average Bonchev–Trinajstić information content (AvgIpc) is 2.72. The van der Waals surface area contributed by atoms with Crippen molar-refractivity contribution in [2.24, 2.45) is 10.2 Å². The summed E-state index contributed by atoms with van der Waals surface area (Å²) in [7, 11) is -1.69. The Morgan fingerprint density at radius 2 is 1.76 bits per heavy atom. The van der Waals surface area contributed by atoms with E-state index in [-0.39, 0.29) is 6.61 Å². The lowest BCUT2D eigenvalue weighted by atomic mass is 10.1. The van der Waals surface area contributed by atoms with Gasteiger partial charge in [-0.3, -0.25) is 13.8 Å². The van der Waals surface area contributed by atoms with Crippen molar-refractivity contribution in [2.45, 2.75) is 19.1 Å². The molecule has 1 amide bonds. The van der Waals surface area contributed by atoms with Gasteiger partial charge in [0.15, 0.2) is 0 Å². The molecule has 0 saturated heterocycles. The smallest absolute Gasteiger partial charge is 0.382 e. The topological polar surface area (TPSA) is 119 Å². The Labute approximate surface area is 169 Å². The Morgan fingerprint density at radius 1 is 1.10 bits per heavy atom. The molecule has 0 spiro atoms. The van der Waals surface area contributed by atoms with Crippen molar-refractivity contribution in [1.29, 1.82) is 0 Å². The van der Waals surface area contributed by atoms with Crippen LogP contribution in [0.1, 0.15) is 17.3 Å². The number of ether oxygens (including phenoxy) is 1. The maximum absolute atomic E-state index is 12.6. The quantitative estimate of drug-likeness (QED) is 0.442.